The second-order valence-electron chi connectivity index (χ2n) is 8.43. The van der Waals surface area contributed by atoms with Gasteiger partial charge in [0.25, 0.3) is 10.0 Å². The summed E-state index contributed by atoms with van der Waals surface area (Å²) in [7, 11) is -0.868. The molecule has 34 heavy (non-hydrogen) atoms. The Balaban J connectivity index is 1.78. The van der Waals surface area contributed by atoms with Crippen LogP contribution in [-0.2, 0) is 28.2 Å². The van der Waals surface area contributed by atoms with Gasteiger partial charge in [0, 0.05) is 31.9 Å². The number of anilines is 2. The van der Waals surface area contributed by atoms with Gasteiger partial charge in [-0.3, -0.25) is 9.40 Å². The van der Waals surface area contributed by atoms with Crippen LogP contribution in [0.2, 0.25) is 0 Å². The van der Waals surface area contributed by atoms with E-state index >= 15 is 0 Å². The first-order chi connectivity index (χ1) is 16.3. The van der Waals surface area contributed by atoms with Crippen LogP contribution in [0.1, 0.15) is 42.1 Å². The Hall–Kier alpha value is -3.33. The van der Waals surface area contributed by atoms with Crippen molar-refractivity contribution in [1.82, 2.24) is 9.78 Å². The summed E-state index contributed by atoms with van der Waals surface area (Å²) in [6, 6.07) is 12.3. The van der Waals surface area contributed by atoms with Gasteiger partial charge in [-0.25, -0.2) is 13.2 Å². The van der Waals surface area contributed by atoms with Crippen molar-refractivity contribution in [3.8, 4) is 11.3 Å². The normalized spacial score (nSPS) is 14.1. The van der Waals surface area contributed by atoms with Crippen molar-refractivity contribution in [2.24, 2.45) is 7.05 Å². The van der Waals surface area contributed by atoms with Crippen LogP contribution in [0.25, 0.3) is 11.3 Å². The molecule has 1 aliphatic rings. The van der Waals surface area contributed by atoms with Crippen LogP contribution < -0.4 is 9.62 Å². The van der Waals surface area contributed by atoms with Gasteiger partial charge in [-0.15, -0.1) is 0 Å². The van der Waals surface area contributed by atoms with Crippen LogP contribution in [0.4, 0.5) is 11.4 Å². The Kier molecular flexibility index (Phi) is 6.92. The third kappa shape index (κ3) is 4.94. The first-order valence-corrected chi connectivity index (χ1v) is 12.9. The molecule has 8 nitrogen and oxygen atoms in total. The molecule has 1 fully saturated rings. The van der Waals surface area contributed by atoms with E-state index < -0.39 is 16.0 Å². The Morgan fingerprint density at radius 2 is 1.85 bits per heavy atom. The molecule has 1 aromatic heterocycles. The van der Waals surface area contributed by atoms with Gasteiger partial charge in [0.05, 0.1) is 34.6 Å². The Morgan fingerprint density at radius 3 is 2.50 bits per heavy atom. The topological polar surface area (TPSA) is 93.5 Å². The molecule has 4 rings (SSSR count). The van der Waals surface area contributed by atoms with Crippen molar-refractivity contribution in [3.63, 3.8) is 0 Å². The summed E-state index contributed by atoms with van der Waals surface area (Å²) in [6.07, 6.45) is 5.66. The first-order valence-electron chi connectivity index (χ1n) is 11.5. The van der Waals surface area contributed by atoms with Crippen molar-refractivity contribution in [1.29, 1.82) is 0 Å². The largest absolute Gasteiger partial charge is 0.465 e. The van der Waals surface area contributed by atoms with Gasteiger partial charge in [0.1, 0.15) is 0 Å². The van der Waals surface area contributed by atoms with Crippen molar-refractivity contribution >= 4 is 27.4 Å². The van der Waals surface area contributed by atoms with Crippen LogP contribution in [-0.4, -0.2) is 44.4 Å². The second kappa shape index (κ2) is 9.89. The van der Waals surface area contributed by atoms with Crippen LogP contribution in [0, 0.1) is 0 Å². The second-order valence-corrected chi connectivity index (χ2v) is 10.1. The number of aryl methyl sites for hydroxylation is 2. The maximum atomic E-state index is 13.6. The number of carbonyl (C=O) groups is 1. The first kappa shape index (κ1) is 23.8. The molecule has 0 atom stereocenters. The zero-order chi connectivity index (χ0) is 24.3. The van der Waals surface area contributed by atoms with Crippen LogP contribution in [0.5, 0.6) is 0 Å². The summed E-state index contributed by atoms with van der Waals surface area (Å²) in [5.41, 5.74) is 3.73. The highest BCUT2D eigenvalue weighted by Crippen LogP contribution is 2.34. The van der Waals surface area contributed by atoms with E-state index in [-0.39, 0.29) is 10.5 Å². The molecule has 0 aliphatic carbocycles. The minimum atomic E-state index is -3.99. The summed E-state index contributed by atoms with van der Waals surface area (Å²) in [5, 5.41) is 4.46. The number of carbonyl (C=O) groups excluding carboxylic acids is 1. The molecular weight excluding hydrogens is 452 g/mol. The van der Waals surface area contributed by atoms with Crippen molar-refractivity contribution < 1.29 is 17.9 Å². The number of ether oxygens (including phenoxy) is 1. The van der Waals surface area contributed by atoms with Gasteiger partial charge in [-0.1, -0.05) is 19.1 Å². The summed E-state index contributed by atoms with van der Waals surface area (Å²) in [5.74, 6) is -0.578. The smallest absolute Gasteiger partial charge is 0.337 e. The minimum Gasteiger partial charge on any atom is -0.465 e. The highest BCUT2D eigenvalue weighted by molar-refractivity contribution is 7.92. The number of aromatic nitrogens is 2. The Bertz CT molecular complexity index is 1290. The molecule has 2 aromatic carbocycles. The number of nitrogens with one attached hydrogen (secondary N) is 1. The number of nitrogens with zero attached hydrogens (tertiary/aromatic N) is 3. The molecular formula is C25H30N4O4S. The van der Waals surface area contributed by atoms with Gasteiger partial charge < -0.3 is 9.64 Å². The van der Waals surface area contributed by atoms with E-state index in [2.05, 4.69) is 14.7 Å². The molecule has 0 bridgehead atoms. The Labute approximate surface area is 200 Å². The van der Waals surface area contributed by atoms with Crippen molar-refractivity contribution in [3.05, 3.63) is 59.8 Å². The number of piperidine rings is 1. The molecule has 0 amide bonds. The van der Waals surface area contributed by atoms with Crippen LogP contribution >= 0.6 is 0 Å². The SMILES string of the molecule is CCc1ccc(C(=O)OC)cc1S(=O)(=O)Nc1cc(-c2ccn(C)n2)ccc1N1CCCCC1. The molecule has 9 heteroatoms. The minimum absolute atomic E-state index is 0.0748. The van der Waals surface area contributed by atoms with E-state index in [1.807, 2.05) is 44.4 Å². The maximum Gasteiger partial charge on any atom is 0.337 e. The third-order valence-corrected chi connectivity index (χ3v) is 7.55. The number of hydrogen-bond acceptors (Lipinski definition) is 6. The molecule has 0 spiro atoms. The van der Waals surface area contributed by atoms with Gasteiger partial charge in [-0.2, -0.15) is 5.10 Å². The van der Waals surface area contributed by atoms with Gasteiger partial charge >= 0.3 is 5.97 Å². The molecule has 180 valence electrons. The molecule has 0 saturated carbocycles. The number of hydrogen-bond donors (Lipinski definition) is 1. The lowest BCUT2D eigenvalue weighted by Gasteiger charge is -2.31. The van der Waals surface area contributed by atoms with Crippen LogP contribution in [0.15, 0.2) is 53.6 Å². The number of esters is 1. The van der Waals surface area contributed by atoms with Crippen LogP contribution in [0.3, 0.4) is 0 Å². The number of benzene rings is 2. The highest BCUT2D eigenvalue weighted by Gasteiger charge is 2.24. The summed E-state index contributed by atoms with van der Waals surface area (Å²) in [6.45, 7) is 3.62. The zero-order valence-corrected chi connectivity index (χ0v) is 20.6. The van der Waals surface area contributed by atoms with Crippen molar-refractivity contribution in [2.45, 2.75) is 37.5 Å². The monoisotopic (exact) mass is 482 g/mol. The molecule has 2 heterocycles. The molecule has 0 unspecified atom stereocenters. The number of sulfonamides is 1. The van der Waals surface area contributed by atoms with Gasteiger partial charge in [-0.05, 0) is 61.6 Å². The summed E-state index contributed by atoms with van der Waals surface area (Å²) < 4.78 is 36.6. The van der Waals surface area contributed by atoms with E-state index in [0.29, 0.717) is 17.7 Å². The van der Waals surface area contributed by atoms with E-state index in [1.54, 1.807) is 16.8 Å². The van der Waals surface area contributed by atoms with E-state index in [9.17, 15) is 13.2 Å². The lowest BCUT2D eigenvalue weighted by molar-refractivity contribution is 0.0600. The van der Waals surface area contributed by atoms with E-state index in [1.165, 1.54) is 19.6 Å². The molecule has 3 aromatic rings. The molecule has 1 N–H and O–H groups in total. The average Bonchev–Trinajstić information content (AvgIpc) is 3.29. The zero-order valence-electron chi connectivity index (χ0n) is 19.7. The van der Waals surface area contributed by atoms with E-state index in [0.717, 1.165) is 42.9 Å². The van der Waals surface area contributed by atoms with Gasteiger partial charge in [0.2, 0.25) is 0 Å². The quantitative estimate of drug-likeness (QED) is 0.507. The van der Waals surface area contributed by atoms with E-state index in [4.69, 9.17) is 4.74 Å². The number of methoxy groups -OCH3 is 1. The fourth-order valence-corrected chi connectivity index (χ4v) is 5.70. The summed E-state index contributed by atoms with van der Waals surface area (Å²) >= 11 is 0. The average molecular weight is 483 g/mol. The lowest BCUT2D eigenvalue weighted by atomic mass is 10.1. The predicted molar refractivity (Wildman–Crippen MR) is 133 cm³/mol. The molecule has 0 radical (unpaired) electrons. The standard InChI is InChI=1S/C25H30N4O4S/c1-4-18-8-9-20(25(30)33-3)17-24(18)34(31,32)27-22-16-19(21-12-15-28(2)26-21)10-11-23(22)29-13-6-5-7-14-29/h8-12,15-17,27H,4-7,13-14H2,1-3H3. The highest BCUT2D eigenvalue weighted by atomic mass is 32.2. The molecule has 1 saturated heterocycles. The van der Waals surface area contributed by atoms with Gasteiger partial charge in [0.15, 0.2) is 0 Å². The predicted octanol–water partition coefficient (Wildman–Crippen LogP) is 4.23. The fourth-order valence-electron chi connectivity index (χ4n) is 4.30. The maximum absolute atomic E-state index is 13.6. The molecule has 1 aliphatic heterocycles. The lowest BCUT2D eigenvalue weighted by Crippen LogP contribution is -2.30. The van der Waals surface area contributed by atoms with Crippen molar-refractivity contribution in [2.75, 3.05) is 29.8 Å². The Morgan fingerprint density at radius 1 is 1.09 bits per heavy atom. The summed E-state index contributed by atoms with van der Waals surface area (Å²) in [4.78, 5) is 14.4. The number of rotatable bonds is 7. The third-order valence-electron chi connectivity index (χ3n) is 6.11. The fraction of sp³-hybridized carbons (Fsp3) is 0.360.